The molecule has 4 heteroatoms. The highest BCUT2D eigenvalue weighted by molar-refractivity contribution is 5.88. The van der Waals surface area contributed by atoms with Crippen LogP contribution in [0.25, 0.3) is 22.4 Å². The van der Waals surface area contributed by atoms with Gasteiger partial charge in [-0.15, -0.1) is 0 Å². The molecule has 0 radical (unpaired) electrons. The van der Waals surface area contributed by atoms with E-state index < -0.39 is 0 Å². The highest BCUT2D eigenvalue weighted by Gasteiger charge is 2.19. The first kappa shape index (κ1) is 15.2. The molecule has 118 valence electrons. The molecule has 0 aliphatic carbocycles. The van der Waals surface area contributed by atoms with Gasteiger partial charge in [-0.1, -0.05) is 36.3 Å². The quantitative estimate of drug-likeness (QED) is 0.772. The lowest BCUT2D eigenvalue weighted by atomic mass is 9.96. The summed E-state index contributed by atoms with van der Waals surface area (Å²) < 4.78 is 10.5. The van der Waals surface area contributed by atoms with Gasteiger partial charge in [-0.3, -0.25) is 0 Å². The van der Waals surface area contributed by atoms with E-state index in [1.54, 1.807) is 7.11 Å². The minimum absolute atomic E-state index is 0.325. The van der Waals surface area contributed by atoms with Gasteiger partial charge in [-0.05, 0) is 48.2 Å². The predicted molar refractivity (Wildman–Crippen MR) is 92.5 cm³/mol. The Kier molecular flexibility index (Phi) is 4.06. The second-order valence-corrected chi connectivity index (χ2v) is 5.50. The van der Waals surface area contributed by atoms with Crippen molar-refractivity contribution in [2.24, 2.45) is 0 Å². The van der Waals surface area contributed by atoms with Gasteiger partial charge in [0, 0.05) is 5.56 Å². The third kappa shape index (κ3) is 2.80. The summed E-state index contributed by atoms with van der Waals surface area (Å²) in [5.74, 6) is 1.13. The third-order valence-electron chi connectivity index (χ3n) is 4.06. The Morgan fingerprint density at radius 1 is 1.13 bits per heavy atom. The average molecular weight is 308 g/mol. The molecule has 1 aromatic heterocycles. The van der Waals surface area contributed by atoms with E-state index in [1.807, 2.05) is 24.3 Å². The molecule has 0 aliphatic rings. The number of aryl methyl sites for hydroxylation is 2. The van der Waals surface area contributed by atoms with Crippen molar-refractivity contribution in [3.63, 3.8) is 0 Å². The van der Waals surface area contributed by atoms with Crippen molar-refractivity contribution < 1.29 is 9.26 Å². The van der Waals surface area contributed by atoms with Crippen molar-refractivity contribution in [3.05, 3.63) is 53.6 Å². The molecule has 0 unspecified atom stereocenters. The minimum atomic E-state index is 0.325. The van der Waals surface area contributed by atoms with Crippen molar-refractivity contribution >= 4 is 5.88 Å². The summed E-state index contributed by atoms with van der Waals surface area (Å²) in [5, 5.41) is 4.21. The van der Waals surface area contributed by atoms with Crippen LogP contribution in [-0.4, -0.2) is 12.3 Å². The standard InChI is InChI=1S/C19H20N2O2/c1-4-13-6-5-12(2)16(11-13)18-17(19(20)23-21-18)14-7-9-15(22-3)10-8-14/h5-11H,4,20H2,1-3H3. The summed E-state index contributed by atoms with van der Waals surface area (Å²) in [6.45, 7) is 4.20. The lowest BCUT2D eigenvalue weighted by Crippen LogP contribution is -1.92. The van der Waals surface area contributed by atoms with Crippen molar-refractivity contribution in [1.82, 2.24) is 5.16 Å². The molecule has 0 saturated carbocycles. The highest BCUT2D eigenvalue weighted by atomic mass is 16.5. The summed E-state index contributed by atoms with van der Waals surface area (Å²) in [4.78, 5) is 0. The van der Waals surface area contributed by atoms with E-state index in [1.165, 1.54) is 5.56 Å². The van der Waals surface area contributed by atoms with Gasteiger partial charge >= 0.3 is 0 Å². The van der Waals surface area contributed by atoms with Gasteiger partial charge < -0.3 is 15.0 Å². The normalized spacial score (nSPS) is 10.7. The molecular weight excluding hydrogens is 288 g/mol. The molecule has 1 heterocycles. The molecule has 0 bridgehead atoms. The van der Waals surface area contributed by atoms with Gasteiger partial charge in [0.15, 0.2) is 0 Å². The van der Waals surface area contributed by atoms with Gasteiger partial charge in [0.25, 0.3) is 0 Å². The summed E-state index contributed by atoms with van der Waals surface area (Å²) >= 11 is 0. The average Bonchev–Trinajstić information content (AvgIpc) is 2.97. The van der Waals surface area contributed by atoms with Crippen molar-refractivity contribution in [1.29, 1.82) is 0 Å². The number of nitrogens with two attached hydrogens (primary N) is 1. The predicted octanol–water partition coefficient (Wildman–Crippen LogP) is 4.47. The van der Waals surface area contributed by atoms with Crippen molar-refractivity contribution in [3.8, 4) is 28.1 Å². The zero-order valence-corrected chi connectivity index (χ0v) is 13.6. The topological polar surface area (TPSA) is 61.3 Å². The van der Waals surface area contributed by atoms with E-state index >= 15 is 0 Å². The van der Waals surface area contributed by atoms with Gasteiger partial charge in [-0.25, -0.2) is 0 Å². The smallest absolute Gasteiger partial charge is 0.230 e. The number of aromatic nitrogens is 1. The van der Waals surface area contributed by atoms with Gasteiger partial charge in [0.05, 0.1) is 12.7 Å². The minimum Gasteiger partial charge on any atom is -0.497 e. The molecule has 0 spiro atoms. The monoisotopic (exact) mass is 308 g/mol. The van der Waals surface area contributed by atoms with Gasteiger partial charge in [-0.2, -0.15) is 0 Å². The number of hydrogen-bond acceptors (Lipinski definition) is 4. The van der Waals surface area contributed by atoms with Crippen LogP contribution in [0.5, 0.6) is 5.75 Å². The number of hydrogen-bond donors (Lipinski definition) is 1. The second-order valence-electron chi connectivity index (χ2n) is 5.50. The lowest BCUT2D eigenvalue weighted by molar-refractivity contribution is 0.415. The molecule has 3 rings (SSSR count). The number of ether oxygens (including phenoxy) is 1. The Labute approximate surface area is 135 Å². The van der Waals surface area contributed by atoms with Crippen LogP contribution < -0.4 is 10.5 Å². The fourth-order valence-electron chi connectivity index (χ4n) is 2.67. The van der Waals surface area contributed by atoms with E-state index in [-0.39, 0.29) is 0 Å². The lowest BCUT2D eigenvalue weighted by Gasteiger charge is -2.08. The zero-order chi connectivity index (χ0) is 16.4. The number of nitrogen functional groups attached to an aromatic ring is 1. The summed E-state index contributed by atoms with van der Waals surface area (Å²) in [5.41, 5.74) is 12.1. The van der Waals surface area contributed by atoms with Crippen LogP contribution in [0.2, 0.25) is 0 Å². The summed E-state index contributed by atoms with van der Waals surface area (Å²) in [6.07, 6.45) is 0.971. The molecule has 3 aromatic rings. The largest absolute Gasteiger partial charge is 0.497 e. The van der Waals surface area contributed by atoms with Crippen LogP contribution in [0.1, 0.15) is 18.1 Å². The van der Waals surface area contributed by atoms with E-state index in [0.29, 0.717) is 5.88 Å². The highest BCUT2D eigenvalue weighted by Crippen LogP contribution is 2.38. The maximum atomic E-state index is 6.04. The first-order valence-corrected chi connectivity index (χ1v) is 7.63. The molecule has 2 aromatic carbocycles. The molecule has 0 aliphatic heterocycles. The molecule has 0 amide bonds. The molecule has 4 nitrogen and oxygen atoms in total. The third-order valence-corrected chi connectivity index (χ3v) is 4.06. The first-order valence-electron chi connectivity index (χ1n) is 7.63. The Morgan fingerprint density at radius 3 is 2.52 bits per heavy atom. The van der Waals surface area contributed by atoms with Gasteiger partial charge in [0.2, 0.25) is 5.88 Å². The van der Waals surface area contributed by atoms with E-state index in [0.717, 1.165) is 40.1 Å². The zero-order valence-electron chi connectivity index (χ0n) is 13.6. The number of anilines is 1. The molecule has 0 fully saturated rings. The van der Waals surface area contributed by atoms with Crippen molar-refractivity contribution in [2.45, 2.75) is 20.3 Å². The molecule has 2 N–H and O–H groups in total. The van der Waals surface area contributed by atoms with Crippen LogP contribution in [0, 0.1) is 6.92 Å². The van der Waals surface area contributed by atoms with Crippen molar-refractivity contribution in [2.75, 3.05) is 12.8 Å². The number of methoxy groups -OCH3 is 1. The van der Waals surface area contributed by atoms with Crippen LogP contribution >= 0.6 is 0 Å². The maximum Gasteiger partial charge on any atom is 0.230 e. The van der Waals surface area contributed by atoms with E-state index in [9.17, 15) is 0 Å². The number of rotatable bonds is 4. The van der Waals surface area contributed by atoms with E-state index in [2.05, 4.69) is 37.2 Å². The van der Waals surface area contributed by atoms with Crippen LogP contribution in [0.4, 0.5) is 5.88 Å². The SMILES string of the molecule is CCc1ccc(C)c(-c2noc(N)c2-c2ccc(OC)cc2)c1. The second kappa shape index (κ2) is 6.16. The van der Waals surface area contributed by atoms with Crippen LogP contribution in [-0.2, 0) is 6.42 Å². The first-order chi connectivity index (χ1) is 11.1. The fourth-order valence-corrected chi connectivity index (χ4v) is 2.67. The van der Waals surface area contributed by atoms with E-state index in [4.69, 9.17) is 15.0 Å². The number of nitrogens with zero attached hydrogens (tertiary/aromatic N) is 1. The van der Waals surface area contributed by atoms with Gasteiger partial charge in [0.1, 0.15) is 11.4 Å². The summed E-state index contributed by atoms with van der Waals surface area (Å²) in [6, 6.07) is 14.1. The Balaban J connectivity index is 2.15. The molecule has 0 atom stereocenters. The molecular formula is C19H20N2O2. The van der Waals surface area contributed by atoms with Crippen LogP contribution in [0.15, 0.2) is 47.0 Å². The number of benzene rings is 2. The Morgan fingerprint density at radius 2 is 1.87 bits per heavy atom. The molecule has 0 saturated heterocycles. The maximum absolute atomic E-state index is 6.04. The van der Waals surface area contributed by atoms with Crippen LogP contribution in [0.3, 0.4) is 0 Å². The summed E-state index contributed by atoms with van der Waals surface area (Å²) in [7, 11) is 1.65. The Hall–Kier alpha value is -2.75. The Bertz CT molecular complexity index is 820. The molecule has 23 heavy (non-hydrogen) atoms. The fraction of sp³-hybridized carbons (Fsp3) is 0.211.